The topological polar surface area (TPSA) is 47.7 Å². The molecule has 0 amide bonds. The van der Waals surface area contributed by atoms with Gasteiger partial charge in [0, 0.05) is 11.3 Å². The van der Waals surface area contributed by atoms with Crippen LogP contribution in [0.25, 0.3) is 0 Å². The van der Waals surface area contributed by atoms with Gasteiger partial charge in [-0.25, -0.2) is 0 Å². The van der Waals surface area contributed by atoms with Crippen molar-refractivity contribution in [1.29, 1.82) is 10.8 Å². The summed E-state index contributed by atoms with van der Waals surface area (Å²) in [5.74, 6) is 2.11. The van der Waals surface area contributed by atoms with E-state index < -0.39 is 0 Å². The summed E-state index contributed by atoms with van der Waals surface area (Å²) in [6.45, 7) is 3.33. The minimum Gasteiger partial charge on any atom is -0.305 e. The van der Waals surface area contributed by atoms with Gasteiger partial charge in [-0.3, -0.25) is 5.41 Å². The molecule has 0 aromatic heterocycles. The zero-order valence-electron chi connectivity index (χ0n) is 5.32. The second-order valence-electron chi connectivity index (χ2n) is 1.38. The van der Waals surface area contributed by atoms with Crippen molar-refractivity contribution in [3.05, 3.63) is 5.57 Å². The van der Waals surface area contributed by atoms with Crippen LogP contribution in [0.2, 0.25) is 0 Å². The molecule has 0 rings (SSSR count). The maximum absolute atomic E-state index is 6.88. The van der Waals surface area contributed by atoms with Crippen molar-refractivity contribution in [2.24, 2.45) is 0 Å². The molecule has 0 saturated carbocycles. The molecule has 9 heavy (non-hydrogen) atoms. The number of hydrogen-bond donors (Lipinski definition) is 2. The predicted molar refractivity (Wildman–Crippen MR) is 44.8 cm³/mol. The number of nitrogens with one attached hydrogen (secondary N) is 2. The molecule has 0 unspecified atom stereocenters. The molecule has 0 aromatic carbocycles. The van der Waals surface area contributed by atoms with Crippen LogP contribution in [0, 0.1) is 10.8 Å². The van der Waals surface area contributed by atoms with Crippen LogP contribution >= 0.6 is 24.8 Å². The molecule has 54 valence electrons. The van der Waals surface area contributed by atoms with Crippen LogP contribution in [0.15, 0.2) is 5.57 Å². The Morgan fingerprint density at radius 2 is 1.56 bits per heavy atom. The quantitative estimate of drug-likeness (QED) is 0.564. The lowest BCUT2D eigenvalue weighted by Gasteiger charge is -1.84. The Morgan fingerprint density at radius 3 is 1.56 bits per heavy atom. The average Bonchev–Trinajstić information content (AvgIpc) is 1.65. The standard InChI is InChI=1S/C5H8N2.2ClH/c1-4(3-6)5(2)7;;/h6-7H,1-2H3;2*1H. The van der Waals surface area contributed by atoms with Gasteiger partial charge in [-0.15, -0.1) is 24.8 Å². The minimum absolute atomic E-state index is 0. The third-order valence-corrected chi connectivity index (χ3v) is 0.750. The number of allylic oxidation sites excluding steroid dienone is 1. The molecule has 0 aliphatic rings. The highest BCUT2D eigenvalue weighted by Gasteiger charge is 1.84. The average molecular weight is 169 g/mol. The minimum atomic E-state index is 0. The molecular weight excluding hydrogens is 159 g/mol. The summed E-state index contributed by atoms with van der Waals surface area (Å²) in [6.07, 6.45) is 0. The molecule has 0 spiro atoms. The fourth-order valence-corrected chi connectivity index (χ4v) is 0.0938. The maximum Gasteiger partial charge on any atom is 0.0404 e. The first-order valence-electron chi connectivity index (χ1n) is 2.00. The van der Waals surface area contributed by atoms with E-state index in [9.17, 15) is 0 Å². The lowest BCUT2D eigenvalue weighted by Crippen LogP contribution is -1.88. The van der Waals surface area contributed by atoms with Crippen LogP contribution < -0.4 is 0 Å². The van der Waals surface area contributed by atoms with Crippen molar-refractivity contribution in [2.45, 2.75) is 13.8 Å². The molecule has 0 bridgehead atoms. The highest BCUT2D eigenvalue weighted by Crippen LogP contribution is 1.84. The summed E-state index contributed by atoms with van der Waals surface area (Å²) in [5.41, 5.74) is 1.01. The highest BCUT2D eigenvalue weighted by atomic mass is 35.5. The first-order chi connectivity index (χ1) is 3.18. The van der Waals surface area contributed by atoms with Crippen LogP contribution in [0.3, 0.4) is 0 Å². The molecule has 0 aliphatic carbocycles. The third kappa shape index (κ3) is 7.70. The van der Waals surface area contributed by atoms with E-state index in [0.29, 0.717) is 11.3 Å². The molecule has 4 heteroatoms. The van der Waals surface area contributed by atoms with Gasteiger partial charge in [0.15, 0.2) is 0 Å². The van der Waals surface area contributed by atoms with Crippen LogP contribution in [-0.2, 0) is 0 Å². The maximum atomic E-state index is 6.88. The Bertz CT molecular complexity index is 136. The van der Waals surface area contributed by atoms with Crippen LogP contribution in [0.1, 0.15) is 13.8 Å². The Labute approximate surface area is 67.2 Å². The molecule has 0 aliphatic heterocycles. The van der Waals surface area contributed by atoms with Crippen molar-refractivity contribution in [2.75, 3.05) is 0 Å². The fraction of sp³-hybridized carbons (Fsp3) is 0.400. The second-order valence-corrected chi connectivity index (χ2v) is 1.38. The summed E-state index contributed by atoms with van der Waals surface area (Å²) < 4.78 is 0. The van der Waals surface area contributed by atoms with Crippen molar-refractivity contribution < 1.29 is 0 Å². The third-order valence-electron chi connectivity index (χ3n) is 0.750. The van der Waals surface area contributed by atoms with Gasteiger partial charge in [0.2, 0.25) is 0 Å². The molecule has 0 aromatic rings. The second kappa shape index (κ2) is 7.70. The predicted octanol–water partition coefficient (Wildman–Crippen LogP) is 2.06. The first kappa shape index (κ1) is 15.9. The summed E-state index contributed by atoms with van der Waals surface area (Å²) in [6, 6.07) is 0. The molecule has 2 N–H and O–H groups in total. The molecule has 0 radical (unpaired) electrons. The zero-order chi connectivity index (χ0) is 5.86. The molecular formula is C5H10Cl2N2. The lowest BCUT2D eigenvalue weighted by atomic mass is 10.2. The van der Waals surface area contributed by atoms with Gasteiger partial charge in [0.05, 0.1) is 0 Å². The first-order valence-corrected chi connectivity index (χ1v) is 2.00. The van der Waals surface area contributed by atoms with Crippen LogP contribution in [-0.4, -0.2) is 11.6 Å². The van der Waals surface area contributed by atoms with Gasteiger partial charge in [0.25, 0.3) is 0 Å². The van der Waals surface area contributed by atoms with E-state index in [1.807, 2.05) is 0 Å². The number of hydrogen-bond acceptors (Lipinski definition) is 2. The summed E-state index contributed by atoms with van der Waals surface area (Å²) >= 11 is 0. The van der Waals surface area contributed by atoms with E-state index in [0.717, 1.165) is 0 Å². The zero-order valence-corrected chi connectivity index (χ0v) is 6.95. The highest BCUT2D eigenvalue weighted by molar-refractivity contribution is 6.02. The SMILES string of the molecule is CC(=N)C(C)=C=N.Cl.Cl. The molecule has 0 atom stereocenters. The molecule has 2 nitrogen and oxygen atoms in total. The van der Waals surface area contributed by atoms with Gasteiger partial charge in [-0.2, -0.15) is 0 Å². The summed E-state index contributed by atoms with van der Waals surface area (Å²) in [4.78, 5) is 0. The van der Waals surface area contributed by atoms with Crippen molar-refractivity contribution in [1.82, 2.24) is 0 Å². The Balaban J connectivity index is -0.000000180. The monoisotopic (exact) mass is 168 g/mol. The van der Waals surface area contributed by atoms with Crippen molar-refractivity contribution in [3.63, 3.8) is 0 Å². The van der Waals surface area contributed by atoms with E-state index in [2.05, 4.69) is 5.87 Å². The van der Waals surface area contributed by atoms with Crippen molar-refractivity contribution >= 4 is 36.4 Å². The molecule has 0 heterocycles. The summed E-state index contributed by atoms with van der Waals surface area (Å²) in [5, 5.41) is 13.4. The van der Waals surface area contributed by atoms with Gasteiger partial charge in [0.1, 0.15) is 0 Å². The van der Waals surface area contributed by atoms with Gasteiger partial charge < -0.3 is 5.41 Å². The Morgan fingerprint density at radius 1 is 1.22 bits per heavy atom. The van der Waals surface area contributed by atoms with Crippen molar-refractivity contribution in [3.8, 4) is 0 Å². The van der Waals surface area contributed by atoms with E-state index in [1.165, 1.54) is 0 Å². The number of rotatable bonds is 1. The molecule has 0 saturated heterocycles. The van der Waals surface area contributed by atoms with Crippen LogP contribution in [0.5, 0.6) is 0 Å². The molecule has 0 fully saturated rings. The normalized spacial score (nSPS) is 5.56. The smallest absolute Gasteiger partial charge is 0.0404 e. The van der Waals surface area contributed by atoms with E-state index in [-0.39, 0.29) is 24.8 Å². The van der Waals surface area contributed by atoms with Gasteiger partial charge in [-0.1, -0.05) is 0 Å². The fourth-order valence-electron chi connectivity index (χ4n) is 0.0938. The van der Waals surface area contributed by atoms with E-state index in [1.54, 1.807) is 13.8 Å². The largest absolute Gasteiger partial charge is 0.305 e. The number of halogens is 2. The van der Waals surface area contributed by atoms with E-state index >= 15 is 0 Å². The Kier molecular flexibility index (Phi) is 13.6. The van der Waals surface area contributed by atoms with E-state index in [4.69, 9.17) is 10.8 Å². The summed E-state index contributed by atoms with van der Waals surface area (Å²) in [7, 11) is 0. The van der Waals surface area contributed by atoms with Gasteiger partial charge in [-0.05, 0) is 19.7 Å². The lowest BCUT2D eigenvalue weighted by molar-refractivity contribution is 1.43. The van der Waals surface area contributed by atoms with Gasteiger partial charge >= 0.3 is 0 Å². The Hall–Kier alpha value is -0.300. The van der Waals surface area contributed by atoms with Crippen LogP contribution in [0.4, 0.5) is 0 Å².